The summed E-state index contributed by atoms with van der Waals surface area (Å²) in [6.45, 7) is 10.8. The van der Waals surface area contributed by atoms with E-state index in [2.05, 4.69) is 33.0 Å². The number of hydrogen-bond acceptors (Lipinski definition) is 1. The zero-order chi connectivity index (χ0) is 14.6. The molecule has 2 fully saturated rings. The van der Waals surface area contributed by atoms with Crippen LogP contribution in [-0.2, 0) is 0 Å². The minimum Gasteiger partial charge on any atom is -0.313 e. The summed E-state index contributed by atoms with van der Waals surface area (Å²) in [7, 11) is 0. The highest BCUT2D eigenvalue weighted by Gasteiger charge is 2.33. The van der Waals surface area contributed by atoms with Gasteiger partial charge in [0.2, 0.25) is 0 Å². The lowest BCUT2D eigenvalue weighted by atomic mass is 9.70. The van der Waals surface area contributed by atoms with Gasteiger partial charge < -0.3 is 5.32 Å². The molecule has 0 saturated heterocycles. The average molecular weight is 280 g/mol. The summed E-state index contributed by atoms with van der Waals surface area (Å²) in [5, 5.41) is 3.99. The molecule has 0 bridgehead atoms. The van der Waals surface area contributed by atoms with Crippen molar-refractivity contribution in [2.75, 3.05) is 6.54 Å². The molecular formula is C19H37N. The Morgan fingerprint density at radius 3 is 2.15 bits per heavy atom. The normalized spacial score (nSPS) is 29.9. The predicted molar refractivity (Wildman–Crippen MR) is 88.9 cm³/mol. The van der Waals surface area contributed by atoms with Gasteiger partial charge in [0, 0.05) is 12.6 Å². The van der Waals surface area contributed by atoms with Crippen LogP contribution in [0.2, 0.25) is 0 Å². The van der Waals surface area contributed by atoms with Crippen LogP contribution in [0.15, 0.2) is 0 Å². The Hall–Kier alpha value is -0.0400. The molecule has 0 radical (unpaired) electrons. The monoisotopic (exact) mass is 279 g/mol. The zero-order valence-corrected chi connectivity index (χ0v) is 14.4. The molecule has 1 heteroatoms. The van der Waals surface area contributed by atoms with Crippen molar-refractivity contribution in [3.8, 4) is 0 Å². The molecule has 2 atom stereocenters. The second-order valence-electron chi connectivity index (χ2n) is 8.48. The van der Waals surface area contributed by atoms with Crippen LogP contribution in [0.3, 0.4) is 0 Å². The largest absolute Gasteiger partial charge is 0.313 e. The summed E-state index contributed by atoms with van der Waals surface area (Å²) >= 11 is 0. The lowest BCUT2D eigenvalue weighted by Crippen LogP contribution is -2.46. The summed E-state index contributed by atoms with van der Waals surface area (Å²) in [5.41, 5.74) is 0.425. The second-order valence-corrected chi connectivity index (χ2v) is 8.48. The number of rotatable bonds is 5. The van der Waals surface area contributed by atoms with Crippen LogP contribution in [0, 0.1) is 23.2 Å². The molecule has 0 aromatic rings. The second kappa shape index (κ2) is 7.29. The van der Waals surface area contributed by atoms with Crippen molar-refractivity contribution < 1.29 is 0 Å². The van der Waals surface area contributed by atoms with Crippen LogP contribution in [0.5, 0.6) is 0 Å². The Morgan fingerprint density at radius 2 is 1.50 bits per heavy atom. The van der Waals surface area contributed by atoms with Gasteiger partial charge in [0.25, 0.3) is 0 Å². The lowest BCUT2D eigenvalue weighted by Gasteiger charge is -2.41. The molecule has 0 aromatic carbocycles. The molecule has 0 aliphatic heterocycles. The van der Waals surface area contributed by atoms with E-state index < -0.39 is 0 Å². The highest BCUT2D eigenvalue weighted by molar-refractivity contribution is 4.88. The van der Waals surface area contributed by atoms with Crippen molar-refractivity contribution in [3.63, 3.8) is 0 Å². The predicted octanol–water partition coefficient (Wildman–Crippen LogP) is 5.40. The molecule has 2 saturated carbocycles. The minimum absolute atomic E-state index is 0.425. The van der Waals surface area contributed by atoms with E-state index in [1.54, 1.807) is 0 Å². The van der Waals surface area contributed by atoms with Gasteiger partial charge in [-0.3, -0.25) is 0 Å². The van der Waals surface area contributed by atoms with E-state index >= 15 is 0 Å². The quantitative estimate of drug-likeness (QED) is 0.710. The van der Waals surface area contributed by atoms with Crippen LogP contribution in [0.4, 0.5) is 0 Å². The van der Waals surface area contributed by atoms with E-state index in [0.717, 1.165) is 23.8 Å². The van der Waals surface area contributed by atoms with E-state index in [1.807, 2.05) is 0 Å². The van der Waals surface area contributed by atoms with Crippen molar-refractivity contribution in [2.45, 2.75) is 91.5 Å². The van der Waals surface area contributed by atoms with E-state index in [0.29, 0.717) is 5.41 Å². The topological polar surface area (TPSA) is 12.0 Å². The zero-order valence-electron chi connectivity index (χ0n) is 14.4. The minimum atomic E-state index is 0.425. The van der Waals surface area contributed by atoms with Gasteiger partial charge in [0.05, 0.1) is 0 Å². The number of hydrogen-bond donors (Lipinski definition) is 1. The fraction of sp³-hybridized carbons (Fsp3) is 1.00. The molecule has 2 unspecified atom stereocenters. The van der Waals surface area contributed by atoms with Crippen molar-refractivity contribution in [1.82, 2.24) is 5.32 Å². The van der Waals surface area contributed by atoms with Crippen LogP contribution < -0.4 is 5.32 Å². The maximum Gasteiger partial charge on any atom is 0.00982 e. The van der Waals surface area contributed by atoms with Gasteiger partial charge in [-0.25, -0.2) is 0 Å². The fourth-order valence-electron chi connectivity index (χ4n) is 4.14. The fourth-order valence-corrected chi connectivity index (χ4v) is 4.14. The van der Waals surface area contributed by atoms with Crippen LogP contribution in [0.1, 0.15) is 85.5 Å². The Kier molecular flexibility index (Phi) is 5.95. The van der Waals surface area contributed by atoms with Gasteiger partial charge in [0.15, 0.2) is 0 Å². The average Bonchev–Trinajstić information content (AvgIpc) is 2.46. The summed E-state index contributed by atoms with van der Waals surface area (Å²) in [4.78, 5) is 0. The summed E-state index contributed by atoms with van der Waals surface area (Å²) in [6, 6.07) is 0.810. The van der Waals surface area contributed by atoms with Crippen molar-refractivity contribution in [2.24, 2.45) is 23.2 Å². The maximum atomic E-state index is 3.99. The Bertz CT molecular complexity index is 275. The molecule has 2 rings (SSSR count). The van der Waals surface area contributed by atoms with Gasteiger partial charge in [-0.05, 0) is 36.0 Å². The molecule has 2 aliphatic carbocycles. The first-order valence-electron chi connectivity index (χ1n) is 9.24. The van der Waals surface area contributed by atoms with Crippen molar-refractivity contribution >= 4 is 0 Å². The molecule has 2 aliphatic rings. The van der Waals surface area contributed by atoms with E-state index in [-0.39, 0.29) is 0 Å². The van der Waals surface area contributed by atoms with E-state index in [9.17, 15) is 0 Å². The third-order valence-corrected chi connectivity index (χ3v) is 6.46. The molecule has 20 heavy (non-hydrogen) atoms. The maximum absolute atomic E-state index is 3.99. The smallest absolute Gasteiger partial charge is 0.00982 e. The lowest BCUT2D eigenvalue weighted by molar-refractivity contribution is 0.131. The van der Waals surface area contributed by atoms with Crippen molar-refractivity contribution in [1.29, 1.82) is 0 Å². The van der Waals surface area contributed by atoms with Gasteiger partial charge in [-0.1, -0.05) is 72.6 Å². The Labute approximate surface area is 127 Å². The molecule has 0 spiro atoms. The summed E-state index contributed by atoms with van der Waals surface area (Å²) in [6.07, 6.45) is 13.3. The highest BCUT2D eigenvalue weighted by Crippen LogP contribution is 2.38. The number of nitrogens with one attached hydrogen (secondary N) is 1. The van der Waals surface area contributed by atoms with Gasteiger partial charge in [-0.2, -0.15) is 0 Å². The first-order valence-corrected chi connectivity index (χ1v) is 9.24. The molecule has 0 aromatic heterocycles. The van der Waals surface area contributed by atoms with E-state index in [1.165, 1.54) is 64.3 Å². The van der Waals surface area contributed by atoms with Crippen LogP contribution >= 0.6 is 0 Å². The molecule has 1 N–H and O–H groups in total. The molecule has 0 heterocycles. The molecule has 118 valence electrons. The summed E-state index contributed by atoms with van der Waals surface area (Å²) < 4.78 is 0. The van der Waals surface area contributed by atoms with Gasteiger partial charge in [-0.15, -0.1) is 0 Å². The first kappa shape index (κ1) is 16.3. The highest BCUT2D eigenvalue weighted by atomic mass is 14.9. The van der Waals surface area contributed by atoms with Gasteiger partial charge >= 0.3 is 0 Å². The van der Waals surface area contributed by atoms with E-state index in [4.69, 9.17) is 0 Å². The molecule has 1 nitrogen and oxygen atoms in total. The summed E-state index contributed by atoms with van der Waals surface area (Å²) in [5.74, 6) is 2.77. The Balaban J connectivity index is 1.89. The first-order chi connectivity index (χ1) is 9.50. The molecule has 0 amide bonds. The van der Waals surface area contributed by atoms with Gasteiger partial charge in [0.1, 0.15) is 0 Å². The molecular weight excluding hydrogens is 242 g/mol. The third-order valence-electron chi connectivity index (χ3n) is 6.46. The van der Waals surface area contributed by atoms with Crippen LogP contribution in [-0.4, -0.2) is 12.6 Å². The Morgan fingerprint density at radius 1 is 0.900 bits per heavy atom. The third kappa shape index (κ3) is 4.23. The SMILES string of the molecule is CC(C)C(C)(C)CNC1CCCCC1C1CCCCC1. The standard InChI is InChI=1S/C19H37N/c1-15(2)19(3,4)14-20-18-13-9-8-12-17(18)16-10-6-5-7-11-16/h15-18,20H,5-14H2,1-4H3. The van der Waals surface area contributed by atoms with Crippen LogP contribution in [0.25, 0.3) is 0 Å². The van der Waals surface area contributed by atoms with Crippen molar-refractivity contribution in [3.05, 3.63) is 0 Å².